The Kier molecular flexibility index (Phi) is 14.7. The van der Waals surface area contributed by atoms with Crippen LogP contribution in [0, 0.1) is 22.7 Å². The maximum atomic E-state index is 11.6. The number of hydrogen-bond donors (Lipinski definition) is 1. The summed E-state index contributed by atoms with van der Waals surface area (Å²) in [5.74, 6) is 0.266. The van der Waals surface area contributed by atoms with Crippen LogP contribution in [-0.4, -0.2) is 57.2 Å². The molecular weight excluding hydrogens is 596 g/mol. The standard InChI is InChI=1S/C25H22N2O3.C12H14N2O3/c1-29-25(28)21-13-8-14-23(17-21)30-16-15-22(18-26)27-24(19-9-4-2-5-10-19)20-11-6-3-7-12-20;1-16-12(15)9-3-2-4-11(7-9)17-6-5-10(14)8-13/h2-14,17,22H,15-16H2,1H3;2-4,7,10H,5-6,14H2,1H3. The molecule has 10 nitrogen and oxygen atoms in total. The fraction of sp³-hybridized carbons (Fsp3) is 0.216. The van der Waals surface area contributed by atoms with Crippen molar-refractivity contribution in [1.82, 2.24) is 0 Å². The van der Waals surface area contributed by atoms with Crippen molar-refractivity contribution in [2.45, 2.75) is 24.9 Å². The first-order valence-corrected chi connectivity index (χ1v) is 14.7. The van der Waals surface area contributed by atoms with Crippen LogP contribution in [0.2, 0.25) is 0 Å². The number of rotatable bonds is 13. The van der Waals surface area contributed by atoms with Gasteiger partial charge in [-0.2, -0.15) is 10.5 Å². The molecule has 2 atom stereocenters. The van der Waals surface area contributed by atoms with Crippen LogP contribution in [0.1, 0.15) is 44.7 Å². The lowest BCUT2D eigenvalue weighted by molar-refractivity contribution is 0.0591. The van der Waals surface area contributed by atoms with Crippen molar-refractivity contribution in [2.24, 2.45) is 10.7 Å². The number of nitriles is 2. The zero-order chi connectivity index (χ0) is 33.9. The van der Waals surface area contributed by atoms with Gasteiger partial charge in [0.2, 0.25) is 0 Å². The molecule has 240 valence electrons. The first kappa shape index (κ1) is 35.5. The second-order valence-electron chi connectivity index (χ2n) is 9.90. The number of ether oxygens (including phenoxy) is 4. The normalized spacial score (nSPS) is 11.2. The molecule has 4 rings (SSSR count). The Bertz CT molecular complexity index is 1660. The average Bonchev–Trinajstić information content (AvgIpc) is 3.13. The molecule has 0 radical (unpaired) electrons. The molecule has 0 heterocycles. The Morgan fingerprint density at radius 2 is 1.11 bits per heavy atom. The van der Waals surface area contributed by atoms with Crippen LogP contribution in [0.15, 0.2) is 114 Å². The van der Waals surface area contributed by atoms with Gasteiger partial charge in [-0.1, -0.05) is 72.8 Å². The molecule has 0 aliphatic heterocycles. The van der Waals surface area contributed by atoms with E-state index in [2.05, 4.69) is 10.8 Å². The molecule has 0 aliphatic rings. The minimum Gasteiger partial charge on any atom is -0.493 e. The number of methoxy groups -OCH3 is 2. The molecule has 0 aromatic heterocycles. The van der Waals surface area contributed by atoms with Crippen LogP contribution in [-0.2, 0) is 9.47 Å². The summed E-state index contributed by atoms with van der Waals surface area (Å²) < 4.78 is 20.4. The Hall–Kier alpha value is -5.97. The molecule has 4 aromatic carbocycles. The lowest BCUT2D eigenvalue weighted by Crippen LogP contribution is -2.20. The van der Waals surface area contributed by atoms with Crippen molar-refractivity contribution < 1.29 is 28.5 Å². The van der Waals surface area contributed by atoms with E-state index >= 15 is 0 Å². The van der Waals surface area contributed by atoms with Gasteiger partial charge in [-0.25, -0.2) is 9.59 Å². The van der Waals surface area contributed by atoms with Gasteiger partial charge in [-0.3, -0.25) is 4.99 Å². The quantitative estimate of drug-likeness (QED) is 0.143. The van der Waals surface area contributed by atoms with E-state index in [0.29, 0.717) is 48.7 Å². The molecule has 47 heavy (non-hydrogen) atoms. The minimum absolute atomic E-state index is 0.295. The molecule has 2 N–H and O–H groups in total. The Labute approximate surface area is 274 Å². The largest absolute Gasteiger partial charge is 0.493 e. The van der Waals surface area contributed by atoms with Gasteiger partial charge in [-0.15, -0.1) is 0 Å². The topological polar surface area (TPSA) is 157 Å². The second kappa shape index (κ2) is 19.4. The van der Waals surface area contributed by atoms with Crippen molar-refractivity contribution in [3.8, 4) is 23.6 Å². The molecular formula is C37H36N4O6. The number of aliphatic imine (C=N–C) groups is 1. The van der Waals surface area contributed by atoms with Gasteiger partial charge in [-0.05, 0) is 36.4 Å². The van der Waals surface area contributed by atoms with Gasteiger partial charge in [0.15, 0.2) is 0 Å². The molecule has 0 amide bonds. The summed E-state index contributed by atoms with van der Waals surface area (Å²) in [5.41, 5.74) is 8.95. The second-order valence-corrected chi connectivity index (χ2v) is 9.90. The predicted octanol–water partition coefficient (Wildman–Crippen LogP) is 5.76. The van der Waals surface area contributed by atoms with Crippen molar-refractivity contribution >= 4 is 17.7 Å². The van der Waals surface area contributed by atoms with Crippen LogP contribution in [0.3, 0.4) is 0 Å². The summed E-state index contributed by atoms with van der Waals surface area (Å²) in [4.78, 5) is 27.6. The summed E-state index contributed by atoms with van der Waals surface area (Å²) in [6.45, 7) is 0.628. The van der Waals surface area contributed by atoms with E-state index in [4.69, 9.17) is 30.2 Å². The predicted molar refractivity (Wildman–Crippen MR) is 177 cm³/mol. The van der Waals surface area contributed by atoms with E-state index in [1.165, 1.54) is 14.2 Å². The van der Waals surface area contributed by atoms with Crippen molar-refractivity contribution in [3.63, 3.8) is 0 Å². The van der Waals surface area contributed by atoms with Crippen molar-refractivity contribution in [1.29, 1.82) is 10.5 Å². The molecule has 0 bridgehead atoms. The fourth-order valence-corrected chi connectivity index (χ4v) is 4.14. The lowest BCUT2D eigenvalue weighted by atomic mass is 10.0. The Balaban J connectivity index is 0.000000300. The van der Waals surface area contributed by atoms with Crippen molar-refractivity contribution in [2.75, 3.05) is 27.4 Å². The first-order chi connectivity index (χ1) is 22.9. The minimum atomic E-state index is -0.566. The average molecular weight is 633 g/mol. The maximum Gasteiger partial charge on any atom is 0.337 e. The summed E-state index contributed by atoms with van der Waals surface area (Å²) >= 11 is 0. The van der Waals surface area contributed by atoms with Gasteiger partial charge >= 0.3 is 11.9 Å². The number of carbonyl (C=O) groups is 2. The number of hydrogen-bond acceptors (Lipinski definition) is 10. The Morgan fingerprint density at radius 1 is 0.660 bits per heavy atom. The highest BCUT2D eigenvalue weighted by atomic mass is 16.5. The van der Waals surface area contributed by atoms with Crippen LogP contribution in [0.4, 0.5) is 0 Å². The summed E-state index contributed by atoms with van der Waals surface area (Å²) in [7, 11) is 2.66. The molecule has 0 aliphatic carbocycles. The third-order valence-electron chi connectivity index (χ3n) is 6.56. The molecule has 0 spiro atoms. The molecule has 0 saturated carbocycles. The highest BCUT2D eigenvalue weighted by Crippen LogP contribution is 2.17. The van der Waals surface area contributed by atoms with Crippen LogP contribution in [0.25, 0.3) is 0 Å². The summed E-state index contributed by atoms with van der Waals surface area (Å²) in [6.07, 6.45) is 0.862. The number of benzene rings is 4. The molecule has 0 fully saturated rings. The van der Waals surface area contributed by atoms with Crippen LogP contribution < -0.4 is 15.2 Å². The molecule has 4 aromatic rings. The zero-order valence-corrected chi connectivity index (χ0v) is 26.2. The number of esters is 2. The number of nitrogens with two attached hydrogens (primary N) is 1. The van der Waals surface area contributed by atoms with Crippen LogP contribution in [0.5, 0.6) is 11.5 Å². The third-order valence-corrected chi connectivity index (χ3v) is 6.56. The number of carbonyl (C=O) groups excluding carboxylic acids is 2. The Morgan fingerprint density at radius 3 is 1.53 bits per heavy atom. The summed E-state index contributed by atoms with van der Waals surface area (Å²) in [6, 6.07) is 36.1. The highest BCUT2D eigenvalue weighted by Gasteiger charge is 2.13. The van der Waals surface area contributed by atoms with E-state index in [-0.39, 0.29) is 0 Å². The SMILES string of the molecule is COC(=O)c1cccc(OCCC(C#N)N=C(c2ccccc2)c2ccccc2)c1.COC(=O)c1cccc(OCCC(N)C#N)c1. The lowest BCUT2D eigenvalue weighted by Gasteiger charge is -2.12. The van der Waals surface area contributed by atoms with Gasteiger partial charge in [0.1, 0.15) is 17.5 Å². The monoisotopic (exact) mass is 632 g/mol. The van der Waals surface area contributed by atoms with E-state index in [9.17, 15) is 14.9 Å². The van der Waals surface area contributed by atoms with E-state index in [1.54, 1.807) is 48.5 Å². The first-order valence-electron chi connectivity index (χ1n) is 14.7. The van der Waals surface area contributed by atoms with E-state index in [0.717, 1.165) is 16.8 Å². The number of nitrogens with zero attached hydrogens (tertiary/aromatic N) is 3. The fourth-order valence-electron chi connectivity index (χ4n) is 4.14. The van der Waals surface area contributed by atoms with Crippen molar-refractivity contribution in [3.05, 3.63) is 131 Å². The van der Waals surface area contributed by atoms with Gasteiger partial charge in [0.25, 0.3) is 0 Å². The maximum absolute atomic E-state index is 11.6. The molecule has 0 saturated heterocycles. The summed E-state index contributed by atoms with van der Waals surface area (Å²) in [5, 5.41) is 18.1. The smallest absolute Gasteiger partial charge is 0.337 e. The van der Waals surface area contributed by atoms with Gasteiger partial charge in [0.05, 0.1) is 62.5 Å². The molecule has 2 unspecified atom stereocenters. The van der Waals surface area contributed by atoms with E-state index < -0.39 is 24.0 Å². The highest BCUT2D eigenvalue weighted by molar-refractivity contribution is 6.13. The molecule has 10 heteroatoms. The van der Waals surface area contributed by atoms with Crippen LogP contribution >= 0.6 is 0 Å². The third kappa shape index (κ3) is 11.8. The zero-order valence-electron chi connectivity index (χ0n) is 26.2. The van der Waals surface area contributed by atoms with Gasteiger partial charge in [0, 0.05) is 24.0 Å². The van der Waals surface area contributed by atoms with E-state index in [1.807, 2.05) is 66.7 Å². The van der Waals surface area contributed by atoms with Gasteiger partial charge < -0.3 is 24.7 Å².